The summed E-state index contributed by atoms with van der Waals surface area (Å²) in [5, 5.41) is 0. The van der Waals surface area contributed by atoms with Gasteiger partial charge in [-0.15, -0.1) is 0 Å². The van der Waals surface area contributed by atoms with Crippen molar-refractivity contribution in [2.24, 2.45) is 17.3 Å². The highest BCUT2D eigenvalue weighted by Crippen LogP contribution is 2.42. The molecule has 1 atom stereocenters. The number of likely N-dealkylation sites (tertiary alicyclic amines) is 2. The van der Waals surface area contributed by atoms with Gasteiger partial charge in [0.1, 0.15) is 0 Å². The van der Waals surface area contributed by atoms with E-state index in [0.29, 0.717) is 18.9 Å². The van der Waals surface area contributed by atoms with Crippen molar-refractivity contribution in [3.8, 4) is 0 Å². The molecule has 3 fully saturated rings. The Morgan fingerprint density at radius 3 is 2.20 bits per heavy atom. The lowest BCUT2D eigenvalue weighted by atomic mass is 9.72. The number of benzene rings is 1. The van der Waals surface area contributed by atoms with Crippen molar-refractivity contribution in [2.75, 3.05) is 50.7 Å². The number of rotatable bonds is 5. The predicted octanol–water partition coefficient (Wildman–Crippen LogP) is 4.07. The van der Waals surface area contributed by atoms with E-state index in [9.17, 15) is 13.6 Å². The summed E-state index contributed by atoms with van der Waals surface area (Å²) in [5.74, 6) is -2.78. The maximum atomic E-state index is 14.4. The second-order valence-electron chi connectivity index (χ2n) is 10.5. The van der Waals surface area contributed by atoms with Crippen molar-refractivity contribution in [1.29, 1.82) is 0 Å². The molecule has 1 amide bonds. The van der Waals surface area contributed by atoms with Crippen LogP contribution in [0.25, 0.3) is 0 Å². The van der Waals surface area contributed by atoms with Crippen molar-refractivity contribution in [3.05, 3.63) is 29.8 Å². The van der Waals surface area contributed by atoms with E-state index >= 15 is 0 Å². The first kappa shape index (κ1) is 21.5. The number of amides is 1. The molecule has 4 nitrogen and oxygen atoms in total. The molecular formula is C24H35F2N3O. The van der Waals surface area contributed by atoms with Crippen LogP contribution in [0, 0.1) is 17.3 Å². The molecule has 30 heavy (non-hydrogen) atoms. The molecule has 6 heteroatoms. The summed E-state index contributed by atoms with van der Waals surface area (Å²) in [5.41, 5.74) is 2.78. The zero-order chi connectivity index (χ0) is 21.7. The number of piperidine rings is 1. The Balaban J connectivity index is 1.23. The first-order chi connectivity index (χ1) is 14.1. The Morgan fingerprint density at radius 2 is 1.67 bits per heavy atom. The van der Waals surface area contributed by atoms with E-state index in [1.165, 1.54) is 11.3 Å². The van der Waals surface area contributed by atoms with E-state index < -0.39 is 11.8 Å². The van der Waals surface area contributed by atoms with E-state index in [2.05, 4.69) is 43.0 Å². The average Bonchev–Trinajstić information content (AvgIpc) is 2.58. The molecule has 3 aliphatic heterocycles. The summed E-state index contributed by atoms with van der Waals surface area (Å²) in [6.45, 7) is 12.0. The number of carbonyl (C=O) groups excluding carboxylic acids is 1. The van der Waals surface area contributed by atoms with Crippen LogP contribution in [0.4, 0.5) is 14.5 Å². The Hall–Kier alpha value is -1.69. The van der Waals surface area contributed by atoms with E-state index in [4.69, 9.17) is 0 Å². The lowest BCUT2D eigenvalue weighted by Crippen LogP contribution is -2.73. The van der Waals surface area contributed by atoms with Gasteiger partial charge in [0, 0.05) is 43.2 Å². The van der Waals surface area contributed by atoms with Crippen LogP contribution in [0.2, 0.25) is 0 Å². The minimum absolute atomic E-state index is 0.000779. The summed E-state index contributed by atoms with van der Waals surface area (Å²) >= 11 is 0. The zero-order valence-corrected chi connectivity index (χ0v) is 18.7. The molecule has 0 N–H and O–H groups in total. The van der Waals surface area contributed by atoms with E-state index in [1.807, 2.05) is 18.7 Å². The third-order valence-corrected chi connectivity index (χ3v) is 7.28. The van der Waals surface area contributed by atoms with Crippen molar-refractivity contribution < 1.29 is 13.6 Å². The molecule has 0 saturated carbocycles. The SMILES string of the molecule is CC(C)c1ccc(N2CC3(CN(C(=O)CN4CCC(C(C)C)C(F)(F)C4)C3)C2)cc1. The third-order valence-electron chi connectivity index (χ3n) is 7.28. The molecule has 1 spiro atoms. The van der Waals surface area contributed by atoms with E-state index in [0.717, 1.165) is 26.2 Å². The Kier molecular flexibility index (Phi) is 5.58. The van der Waals surface area contributed by atoms with Crippen molar-refractivity contribution in [2.45, 2.75) is 46.0 Å². The molecule has 1 aromatic rings. The summed E-state index contributed by atoms with van der Waals surface area (Å²) in [7, 11) is 0. The molecule has 166 valence electrons. The summed E-state index contributed by atoms with van der Waals surface area (Å²) < 4.78 is 28.8. The normalized spacial score (nSPS) is 25.5. The van der Waals surface area contributed by atoms with Gasteiger partial charge in [-0.2, -0.15) is 0 Å². The maximum Gasteiger partial charge on any atom is 0.263 e. The Labute approximate surface area is 179 Å². The summed E-state index contributed by atoms with van der Waals surface area (Å²) in [6, 6.07) is 8.76. The molecule has 4 rings (SSSR count). The Morgan fingerprint density at radius 1 is 1.03 bits per heavy atom. The minimum atomic E-state index is -2.71. The number of carbonyl (C=O) groups is 1. The topological polar surface area (TPSA) is 26.8 Å². The largest absolute Gasteiger partial charge is 0.370 e. The monoisotopic (exact) mass is 419 g/mol. The second-order valence-corrected chi connectivity index (χ2v) is 10.5. The number of hydrogen-bond donors (Lipinski definition) is 0. The highest BCUT2D eigenvalue weighted by molar-refractivity contribution is 5.79. The van der Waals surface area contributed by atoms with Gasteiger partial charge in [0.15, 0.2) is 0 Å². The number of nitrogens with zero attached hydrogens (tertiary/aromatic N) is 3. The molecule has 0 bridgehead atoms. The van der Waals surface area contributed by atoms with E-state index in [1.54, 1.807) is 4.90 Å². The molecular weight excluding hydrogens is 384 g/mol. The van der Waals surface area contributed by atoms with Crippen LogP contribution >= 0.6 is 0 Å². The van der Waals surface area contributed by atoms with Crippen LogP contribution in [-0.2, 0) is 4.79 Å². The quantitative estimate of drug-likeness (QED) is 0.720. The molecule has 1 aromatic carbocycles. The zero-order valence-electron chi connectivity index (χ0n) is 18.7. The molecule has 0 aromatic heterocycles. The first-order valence-corrected chi connectivity index (χ1v) is 11.3. The van der Waals surface area contributed by atoms with Gasteiger partial charge in [0.25, 0.3) is 5.92 Å². The van der Waals surface area contributed by atoms with Gasteiger partial charge in [-0.1, -0.05) is 39.8 Å². The minimum Gasteiger partial charge on any atom is -0.370 e. The fourth-order valence-corrected chi connectivity index (χ4v) is 5.43. The van der Waals surface area contributed by atoms with Gasteiger partial charge in [0.05, 0.1) is 13.1 Å². The van der Waals surface area contributed by atoms with Gasteiger partial charge >= 0.3 is 0 Å². The average molecular weight is 420 g/mol. The van der Waals surface area contributed by atoms with Crippen LogP contribution < -0.4 is 4.90 Å². The molecule has 0 aliphatic carbocycles. The highest BCUT2D eigenvalue weighted by atomic mass is 19.3. The Bertz CT molecular complexity index is 763. The second kappa shape index (κ2) is 7.77. The number of anilines is 1. The standard InChI is InChI=1S/C24H35F2N3O/c1-17(2)19-5-7-20(8-6-19)28-12-23(13-28)14-29(15-23)22(30)11-27-10-9-21(18(3)4)24(25,26)16-27/h5-8,17-18,21H,9-16H2,1-4H3. The van der Waals surface area contributed by atoms with Gasteiger partial charge in [0.2, 0.25) is 5.91 Å². The van der Waals surface area contributed by atoms with Crippen LogP contribution in [0.1, 0.15) is 45.6 Å². The maximum absolute atomic E-state index is 14.4. The van der Waals surface area contributed by atoms with Gasteiger partial charge in [-0.25, -0.2) is 8.78 Å². The van der Waals surface area contributed by atoms with Crippen molar-refractivity contribution in [1.82, 2.24) is 9.80 Å². The lowest BCUT2D eigenvalue weighted by molar-refractivity contribution is -0.153. The van der Waals surface area contributed by atoms with Gasteiger partial charge < -0.3 is 9.80 Å². The number of halogens is 2. The first-order valence-electron chi connectivity index (χ1n) is 11.3. The van der Waals surface area contributed by atoms with E-state index in [-0.39, 0.29) is 30.3 Å². The van der Waals surface area contributed by atoms with Crippen LogP contribution in [0.3, 0.4) is 0 Å². The molecule has 1 unspecified atom stereocenters. The van der Waals surface area contributed by atoms with Crippen LogP contribution in [0.5, 0.6) is 0 Å². The number of alkyl halides is 2. The molecule has 3 saturated heterocycles. The molecule has 0 radical (unpaired) electrons. The van der Waals surface area contributed by atoms with Gasteiger partial charge in [-0.3, -0.25) is 9.69 Å². The third kappa shape index (κ3) is 4.08. The summed E-state index contributed by atoms with van der Waals surface area (Å²) in [6.07, 6.45) is 0.465. The number of hydrogen-bond acceptors (Lipinski definition) is 3. The van der Waals surface area contributed by atoms with Crippen LogP contribution in [-0.4, -0.2) is 67.4 Å². The molecule has 3 aliphatic rings. The fourth-order valence-electron chi connectivity index (χ4n) is 5.43. The summed E-state index contributed by atoms with van der Waals surface area (Å²) in [4.78, 5) is 18.5. The lowest BCUT2D eigenvalue weighted by Gasteiger charge is -2.61. The van der Waals surface area contributed by atoms with Gasteiger partial charge in [-0.05, 0) is 42.5 Å². The van der Waals surface area contributed by atoms with Crippen molar-refractivity contribution >= 4 is 11.6 Å². The van der Waals surface area contributed by atoms with Crippen molar-refractivity contribution in [3.63, 3.8) is 0 Å². The fraction of sp³-hybridized carbons (Fsp3) is 0.708. The predicted molar refractivity (Wildman–Crippen MR) is 116 cm³/mol. The molecule has 3 heterocycles. The van der Waals surface area contributed by atoms with Crippen LogP contribution in [0.15, 0.2) is 24.3 Å². The smallest absolute Gasteiger partial charge is 0.263 e. The highest BCUT2D eigenvalue weighted by Gasteiger charge is 2.53.